The molecule has 1 heteroatoms. The molecule has 1 N–H and O–H groups in total. The smallest absolute Gasteiger partial charge is 0.0384 e. The molecule has 0 aliphatic rings. The van der Waals surface area contributed by atoms with E-state index < -0.39 is 0 Å². The third-order valence-corrected chi connectivity index (χ3v) is 1.75. The molecule has 0 spiro atoms. The van der Waals surface area contributed by atoms with Crippen molar-refractivity contribution in [1.82, 2.24) is 0 Å². The fourth-order valence-corrected chi connectivity index (χ4v) is 1.05. The lowest BCUT2D eigenvalue weighted by Crippen LogP contribution is -1.95. The highest BCUT2D eigenvalue weighted by atomic mass is 14.9. The number of hydrogen-bond donors (Lipinski definition) is 1. The number of rotatable bonds is 4. The van der Waals surface area contributed by atoms with Crippen molar-refractivity contribution < 1.29 is 0 Å². The van der Waals surface area contributed by atoms with Crippen LogP contribution in [0.2, 0.25) is 0 Å². The van der Waals surface area contributed by atoms with Crippen LogP contribution in [0.25, 0.3) is 0 Å². The predicted molar refractivity (Wildman–Crippen MR) is 63.2 cm³/mol. The lowest BCUT2D eigenvalue weighted by Gasteiger charge is -2.05. The zero-order valence-electron chi connectivity index (χ0n) is 8.40. The molecule has 0 aliphatic carbocycles. The number of benzene rings is 1. The summed E-state index contributed by atoms with van der Waals surface area (Å²) in [7, 11) is 0. The Balaban J connectivity index is 2.71. The average Bonchev–Trinajstić information content (AvgIpc) is 2.25. The highest BCUT2D eigenvalue weighted by Gasteiger charge is 1.90. The van der Waals surface area contributed by atoms with Gasteiger partial charge in [-0.2, -0.15) is 0 Å². The lowest BCUT2D eigenvalue weighted by molar-refractivity contribution is 1.48. The van der Waals surface area contributed by atoms with Crippen molar-refractivity contribution in [3.8, 4) is 0 Å². The Kier molecular flexibility index (Phi) is 4.29. The Labute approximate surface area is 85.5 Å². The van der Waals surface area contributed by atoms with E-state index in [0.717, 1.165) is 11.4 Å². The van der Waals surface area contributed by atoms with Crippen LogP contribution in [0.5, 0.6) is 0 Å². The van der Waals surface area contributed by atoms with Crippen LogP contribution in [-0.4, -0.2) is 0 Å². The number of allylic oxidation sites excluding steroid dienone is 4. The van der Waals surface area contributed by atoms with Crippen LogP contribution >= 0.6 is 0 Å². The zero-order valence-corrected chi connectivity index (χ0v) is 8.40. The second kappa shape index (κ2) is 5.81. The topological polar surface area (TPSA) is 12.0 Å². The van der Waals surface area contributed by atoms with E-state index in [1.807, 2.05) is 55.5 Å². The van der Waals surface area contributed by atoms with Crippen molar-refractivity contribution in [3.63, 3.8) is 0 Å². The SMILES string of the molecule is C=C/C(=C\C=C\C)Nc1ccccc1. The summed E-state index contributed by atoms with van der Waals surface area (Å²) < 4.78 is 0. The number of nitrogens with one attached hydrogen (secondary N) is 1. The third kappa shape index (κ3) is 3.31. The second-order valence-corrected chi connectivity index (χ2v) is 2.84. The fourth-order valence-electron chi connectivity index (χ4n) is 1.05. The van der Waals surface area contributed by atoms with Crippen LogP contribution in [0.3, 0.4) is 0 Å². The largest absolute Gasteiger partial charge is 0.356 e. The first-order valence-corrected chi connectivity index (χ1v) is 4.64. The van der Waals surface area contributed by atoms with Gasteiger partial charge in [0.25, 0.3) is 0 Å². The first kappa shape index (κ1) is 10.3. The summed E-state index contributed by atoms with van der Waals surface area (Å²) >= 11 is 0. The minimum atomic E-state index is 0.995. The summed E-state index contributed by atoms with van der Waals surface area (Å²) in [4.78, 5) is 0. The highest BCUT2D eigenvalue weighted by Crippen LogP contribution is 2.09. The van der Waals surface area contributed by atoms with Crippen LogP contribution in [0.15, 0.2) is 66.9 Å². The van der Waals surface area contributed by atoms with E-state index in [2.05, 4.69) is 11.9 Å². The van der Waals surface area contributed by atoms with Gasteiger partial charge >= 0.3 is 0 Å². The van der Waals surface area contributed by atoms with Crippen molar-refractivity contribution in [2.75, 3.05) is 5.32 Å². The van der Waals surface area contributed by atoms with Crippen molar-refractivity contribution in [3.05, 3.63) is 66.9 Å². The van der Waals surface area contributed by atoms with E-state index in [-0.39, 0.29) is 0 Å². The van der Waals surface area contributed by atoms with Crippen LogP contribution in [0.4, 0.5) is 5.69 Å². The van der Waals surface area contributed by atoms with Gasteiger partial charge in [-0.05, 0) is 31.2 Å². The molecule has 0 radical (unpaired) electrons. The van der Waals surface area contributed by atoms with Crippen LogP contribution < -0.4 is 5.32 Å². The van der Waals surface area contributed by atoms with Crippen molar-refractivity contribution in [2.45, 2.75) is 6.92 Å². The summed E-state index contributed by atoms with van der Waals surface area (Å²) in [6, 6.07) is 10.0. The van der Waals surface area contributed by atoms with Gasteiger partial charge in [-0.3, -0.25) is 0 Å². The van der Waals surface area contributed by atoms with Crippen LogP contribution in [0, 0.1) is 0 Å². The standard InChI is InChI=1S/C13H15N/c1-3-5-9-12(4-2)14-13-10-7-6-8-11-13/h3-11,14H,2H2,1H3/b5-3+,12-9+. The van der Waals surface area contributed by atoms with Gasteiger partial charge in [-0.15, -0.1) is 0 Å². The molecule has 1 nitrogen and oxygen atoms in total. The quantitative estimate of drug-likeness (QED) is 0.704. The molecule has 72 valence electrons. The summed E-state index contributed by atoms with van der Waals surface area (Å²) in [6.45, 7) is 5.73. The molecule has 0 bridgehead atoms. The van der Waals surface area contributed by atoms with Gasteiger partial charge in [0, 0.05) is 11.4 Å². The van der Waals surface area contributed by atoms with Crippen LogP contribution in [-0.2, 0) is 0 Å². The molecular formula is C13H15N. The van der Waals surface area contributed by atoms with Gasteiger partial charge in [0.1, 0.15) is 0 Å². The van der Waals surface area contributed by atoms with E-state index in [0.29, 0.717) is 0 Å². The van der Waals surface area contributed by atoms with Gasteiger partial charge < -0.3 is 5.32 Å². The lowest BCUT2D eigenvalue weighted by atomic mass is 10.3. The molecule has 14 heavy (non-hydrogen) atoms. The van der Waals surface area contributed by atoms with Gasteiger partial charge in [0.15, 0.2) is 0 Å². The predicted octanol–water partition coefficient (Wildman–Crippen LogP) is 3.74. The summed E-state index contributed by atoms with van der Waals surface area (Å²) in [5.74, 6) is 0. The van der Waals surface area contributed by atoms with Crippen molar-refractivity contribution in [1.29, 1.82) is 0 Å². The molecule has 0 saturated heterocycles. The highest BCUT2D eigenvalue weighted by molar-refractivity contribution is 5.50. The molecule has 1 rings (SSSR count). The summed E-state index contributed by atoms with van der Waals surface area (Å²) in [5.41, 5.74) is 2.07. The molecule has 0 fully saturated rings. The zero-order chi connectivity index (χ0) is 10.2. The molecule has 0 amide bonds. The molecule has 1 aromatic carbocycles. The minimum absolute atomic E-state index is 0.995. The average molecular weight is 185 g/mol. The first-order chi connectivity index (χ1) is 6.86. The molecule has 0 saturated carbocycles. The van der Waals surface area contributed by atoms with Gasteiger partial charge in [0.05, 0.1) is 0 Å². The van der Waals surface area contributed by atoms with E-state index in [1.165, 1.54) is 0 Å². The maximum atomic E-state index is 3.75. The second-order valence-electron chi connectivity index (χ2n) is 2.84. The first-order valence-electron chi connectivity index (χ1n) is 4.64. The van der Waals surface area contributed by atoms with Crippen LogP contribution in [0.1, 0.15) is 6.92 Å². The molecular weight excluding hydrogens is 170 g/mol. The van der Waals surface area contributed by atoms with E-state index in [9.17, 15) is 0 Å². The Morgan fingerprint density at radius 3 is 2.57 bits per heavy atom. The molecule has 0 atom stereocenters. The van der Waals surface area contributed by atoms with E-state index in [4.69, 9.17) is 0 Å². The number of anilines is 1. The molecule has 0 unspecified atom stereocenters. The van der Waals surface area contributed by atoms with Crippen molar-refractivity contribution >= 4 is 5.69 Å². The minimum Gasteiger partial charge on any atom is -0.356 e. The normalized spacial score (nSPS) is 11.6. The van der Waals surface area contributed by atoms with Gasteiger partial charge in [-0.25, -0.2) is 0 Å². The maximum Gasteiger partial charge on any atom is 0.0384 e. The van der Waals surface area contributed by atoms with E-state index >= 15 is 0 Å². The Morgan fingerprint density at radius 1 is 1.29 bits per heavy atom. The Hall–Kier alpha value is -1.76. The monoisotopic (exact) mass is 185 g/mol. The third-order valence-electron chi connectivity index (χ3n) is 1.75. The Bertz CT molecular complexity index is 334. The molecule has 0 aromatic heterocycles. The number of hydrogen-bond acceptors (Lipinski definition) is 1. The molecule has 0 heterocycles. The Morgan fingerprint density at radius 2 is 2.00 bits per heavy atom. The summed E-state index contributed by atoms with van der Waals surface area (Å²) in [6.07, 6.45) is 7.75. The van der Waals surface area contributed by atoms with E-state index in [1.54, 1.807) is 6.08 Å². The number of para-hydroxylation sites is 1. The van der Waals surface area contributed by atoms with Gasteiger partial charge in [0.2, 0.25) is 0 Å². The maximum absolute atomic E-state index is 3.75. The van der Waals surface area contributed by atoms with Crippen molar-refractivity contribution in [2.24, 2.45) is 0 Å². The molecule has 1 aromatic rings. The van der Waals surface area contributed by atoms with Gasteiger partial charge in [-0.1, -0.05) is 36.9 Å². The molecule has 0 aliphatic heterocycles. The summed E-state index contributed by atoms with van der Waals surface area (Å²) in [5, 5.41) is 3.26. The fraction of sp³-hybridized carbons (Fsp3) is 0.0769.